The largest absolute Gasteiger partial charge is 0.319 e. The van der Waals surface area contributed by atoms with Crippen molar-refractivity contribution in [2.75, 3.05) is 13.6 Å². The summed E-state index contributed by atoms with van der Waals surface area (Å²) in [7, 11) is 2.09. The van der Waals surface area contributed by atoms with Gasteiger partial charge in [0.2, 0.25) is 0 Å². The van der Waals surface area contributed by atoms with E-state index < -0.39 is 0 Å². The molecule has 1 aromatic rings. The van der Waals surface area contributed by atoms with E-state index in [-0.39, 0.29) is 0 Å². The van der Waals surface area contributed by atoms with Gasteiger partial charge in [-0.15, -0.1) is 0 Å². The van der Waals surface area contributed by atoms with Crippen molar-refractivity contribution in [1.29, 1.82) is 0 Å². The number of benzene rings is 1. The van der Waals surface area contributed by atoms with Crippen molar-refractivity contribution in [2.24, 2.45) is 17.8 Å². The van der Waals surface area contributed by atoms with Gasteiger partial charge in [0.25, 0.3) is 0 Å². The van der Waals surface area contributed by atoms with Crippen LogP contribution in [0.2, 0.25) is 0 Å². The first-order valence-corrected chi connectivity index (χ1v) is 8.39. The van der Waals surface area contributed by atoms with E-state index in [9.17, 15) is 0 Å². The zero-order valence-corrected chi connectivity index (χ0v) is 13.7. The summed E-state index contributed by atoms with van der Waals surface area (Å²) in [6.07, 6.45) is 5.30. The summed E-state index contributed by atoms with van der Waals surface area (Å²) < 4.78 is 0. The molecule has 3 unspecified atom stereocenters. The second kappa shape index (κ2) is 7.26. The molecule has 112 valence electrons. The van der Waals surface area contributed by atoms with Crippen LogP contribution in [0.15, 0.2) is 24.3 Å². The highest BCUT2D eigenvalue weighted by molar-refractivity contribution is 5.26. The van der Waals surface area contributed by atoms with Crippen LogP contribution < -0.4 is 5.32 Å². The Balaban J connectivity index is 2.16. The number of rotatable bonds is 5. The molecule has 0 saturated heterocycles. The Kier molecular flexibility index (Phi) is 5.65. The van der Waals surface area contributed by atoms with Crippen LogP contribution in [-0.2, 0) is 6.42 Å². The highest BCUT2D eigenvalue weighted by atomic mass is 14.8. The Hall–Kier alpha value is -0.820. The summed E-state index contributed by atoms with van der Waals surface area (Å²) in [5.74, 6) is 3.28. The van der Waals surface area contributed by atoms with Crippen molar-refractivity contribution in [3.63, 3.8) is 0 Å². The molecule has 1 fully saturated rings. The summed E-state index contributed by atoms with van der Waals surface area (Å²) in [5.41, 5.74) is 3.02. The molecule has 1 saturated carbocycles. The van der Waals surface area contributed by atoms with E-state index in [0.717, 1.165) is 36.6 Å². The minimum Gasteiger partial charge on any atom is -0.319 e. The topological polar surface area (TPSA) is 12.0 Å². The average Bonchev–Trinajstić information content (AvgIpc) is 2.48. The van der Waals surface area contributed by atoms with Gasteiger partial charge in [0.1, 0.15) is 0 Å². The predicted octanol–water partition coefficient (Wildman–Crippen LogP) is 4.62. The van der Waals surface area contributed by atoms with Crippen LogP contribution in [0.25, 0.3) is 0 Å². The van der Waals surface area contributed by atoms with Gasteiger partial charge in [-0.2, -0.15) is 0 Å². The number of hydrogen-bond donors (Lipinski definition) is 1. The monoisotopic (exact) mass is 273 g/mol. The van der Waals surface area contributed by atoms with Gasteiger partial charge in [-0.1, -0.05) is 45.0 Å². The molecule has 1 aromatic carbocycles. The molecule has 1 aliphatic rings. The van der Waals surface area contributed by atoms with Gasteiger partial charge in [0.15, 0.2) is 0 Å². The first kappa shape index (κ1) is 15.6. The van der Waals surface area contributed by atoms with Crippen molar-refractivity contribution in [1.82, 2.24) is 5.32 Å². The van der Waals surface area contributed by atoms with Crippen molar-refractivity contribution in [3.8, 4) is 0 Å². The highest BCUT2D eigenvalue weighted by Gasteiger charge is 2.32. The number of aryl methyl sites for hydroxylation is 1. The average molecular weight is 273 g/mol. The molecule has 0 bridgehead atoms. The lowest BCUT2D eigenvalue weighted by atomic mass is 9.68. The lowest BCUT2D eigenvalue weighted by molar-refractivity contribution is 0.192. The molecule has 2 rings (SSSR count). The van der Waals surface area contributed by atoms with E-state index >= 15 is 0 Å². The Bertz CT molecular complexity index is 393. The van der Waals surface area contributed by atoms with Crippen LogP contribution in [0.4, 0.5) is 0 Å². The zero-order valence-electron chi connectivity index (χ0n) is 13.7. The second-order valence-electron chi connectivity index (χ2n) is 6.84. The normalized spacial score (nSPS) is 26.9. The van der Waals surface area contributed by atoms with Gasteiger partial charge in [0, 0.05) is 0 Å². The van der Waals surface area contributed by atoms with Gasteiger partial charge in [-0.05, 0) is 74.1 Å². The molecule has 1 heteroatoms. The van der Waals surface area contributed by atoms with Gasteiger partial charge < -0.3 is 5.32 Å². The third-order valence-corrected chi connectivity index (χ3v) is 5.26. The van der Waals surface area contributed by atoms with Crippen LogP contribution >= 0.6 is 0 Å². The molecule has 0 spiro atoms. The highest BCUT2D eigenvalue weighted by Crippen LogP contribution is 2.42. The predicted molar refractivity (Wildman–Crippen MR) is 88.2 cm³/mol. The molecule has 3 atom stereocenters. The number of hydrogen-bond acceptors (Lipinski definition) is 1. The summed E-state index contributed by atoms with van der Waals surface area (Å²) in [4.78, 5) is 0. The third-order valence-electron chi connectivity index (χ3n) is 5.26. The molecule has 0 aliphatic heterocycles. The summed E-state index contributed by atoms with van der Waals surface area (Å²) in [6, 6.07) is 9.42. The van der Waals surface area contributed by atoms with Crippen LogP contribution in [-0.4, -0.2) is 13.6 Å². The molecular formula is C19H31N. The minimum absolute atomic E-state index is 0.745. The second-order valence-corrected chi connectivity index (χ2v) is 6.84. The van der Waals surface area contributed by atoms with Crippen LogP contribution in [0, 0.1) is 17.8 Å². The van der Waals surface area contributed by atoms with Gasteiger partial charge in [-0.3, -0.25) is 0 Å². The van der Waals surface area contributed by atoms with Crippen molar-refractivity contribution in [2.45, 2.75) is 52.4 Å². The molecule has 0 amide bonds. The Morgan fingerprint density at radius 1 is 1.15 bits per heavy atom. The van der Waals surface area contributed by atoms with Crippen molar-refractivity contribution >= 4 is 0 Å². The SMILES string of the molecule is CCc1ccc(C2CC(C(C)C)CCC2CNC)cc1. The lowest BCUT2D eigenvalue weighted by Crippen LogP contribution is -2.32. The Morgan fingerprint density at radius 2 is 1.85 bits per heavy atom. The fourth-order valence-electron chi connectivity index (χ4n) is 3.79. The van der Waals surface area contributed by atoms with E-state index in [2.05, 4.69) is 57.4 Å². The summed E-state index contributed by atoms with van der Waals surface area (Å²) in [5, 5.41) is 3.40. The Labute approximate surface area is 125 Å². The Morgan fingerprint density at radius 3 is 2.40 bits per heavy atom. The standard InChI is InChI=1S/C19H31N/c1-5-15-6-8-16(9-7-15)19-12-17(14(2)3)10-11-18(19)13-20-4/h6-9,14,17-20H,5,10-13H2,1-4H3. The number of nitrogens with one attached hydrogen (secondary N) is 1. The maximum Gasteiger partial charge on any atom is -0.00177 e. The molecule has 1 nitrogen and oxygen atoms in total. The molecule has 1 aliphatic carbocycles. The molecule has 1 N–H and O–H groups in total. The fraction of sp³-hybridized carbons (Fsp3) is 0.684. The smallest absolute Gasteiger partial charge is 0.00177 e. The van der Waals surface area contributed by atoms with E-state index in [4.69, 9.17) is 0 Å². The first-order valence-electron chi connectivity index (χ1n) is 8.39. The summed E-state index contributed by atoms with van der Waals surface area (Å²) >= 11 is 0. The van der Waals surface area contributed by atoms with E-state index in [0.29, 0.717) is 0 Å². The first-order chi connectivity index (χ1) is 9.65. The van der Waals surface area contributed by atoms with E-state index in [1.165, 1.54) is 24.8 Å². The molecule has 20 heavy (non-hydrogen) atoms. The fourth-order valence-corrected chi connectivity index (χ4v) is 3.79. The molecule has 0 radical (unpaired) electrons. The quantitative estimate of drug-likeness (QED) is 0.825. The third kappa shape index (κ3) is 3.63. The lowest BCUT2D eigenvalue weighted by Gasteiger charge is -2.38. The molecular weight excluding hydrogens is 242 g/mol. The van der Waals surface area contributed by atoms with Crippen LogP contribution in [0.3, 0.4) is 0 Å². The van der Waals surface area contributed by atoms with Crippen LogP contribution in [0.1, 0.15) is 57.1 Å². The zero-order chi connectivity index (χ0) is 14.5. The van der Waals surface area contributed by atoms with Crippen LogP contribution in [0.5, 0.6) is 0 Å². The van der Waals surface area contributed by atoms with Gasteiger partial charge >= 0.3 is 0 Å². The van der Waals surface area contributed by atoms with Gasteiger partial charge in [-0.25, -0.2) is 0 Å². The summed E-state index contributed by atoms with van der Waals surface area (Å²) in [6.45, 7) is 8.17. The molecule has 0 heterocycles. The maximum atomic E-state index is 3.40. The molecule has 0 aromatic heterocycles. The van der Waals surface area contributed by atoms with E-state index in [1.54, 1.807) is 5.56 Å². The van der Waals surface area contributed by atoms with Gasteiger partial charge in [0.05, 0.1) is 0 Å². The van der Waals surface area contributed by atoms with Crippen molar-refractivity contribution < 1.29 is 0 Å². The van der Waals surface area contributed by atoms with E-state index in [1.807, 2.05) is 0 Å². The minimum atomic E-state index is 0.745. The maximum absolute atomic E-state index is 3.40. The van der Waals surface area contributed by atoms with Crippen molar-refractivity contribution in [3.05, 3.63) is 35.4 Å².